The van der Waals surface area contributed by atoms with Crippen LogP contribution in [0.5, 0.6) is 0 Å². The summed E-state index contributed by atoms with van der Waals surface area (Å²) < 4.78 is 5.48. The first kappa shape index (κ1) is 19.1. The quantitative estimate of drug-likeness (QED) is 0.633. The van der Waals surface area contributed by atoms with E-state index in [0.717, 1.165) is 31.5 Å². The van der Waals surface area contributed by atoms with Gasteiger partial charge in [0.25, 0.3) is 0 Å². The van der Waals surface area contributed by atoms with E-state index in [1.165, 1.54) is 6.21 Å². The Morgan fingerprint density at radius 3 is 2.67 bits per heavy atom. The number of nitrogens with two attached hydrogens (primary N) is 1. The number of amides is 1. The lowest BCUT2D eigenvalue weighted by Gasteiger charge is -2.32. The van der Waals surface area contributed by atoms with E-state index in [9.17, 15) is 4.79 Å². The number of hydrogen-bond donors (Lipinski definition) is 2. The Hall–Kier alpha value is -2.70. The van der Waals surface area contributed by atoms with Crippen LogP contribution in [-0.2, 0) is 4.79 Å². The molecule has 144 valence electrons. The summed E-state index contributed by atoms with van der Waals surface area (Å²) in [7, 11) is 0. The number of aromatic nitrogens is 2. The van der Waals surface area contributed by atoms with Crippen molar-refractivity contribution in [2.75, 3.05) is 18.8 Å². The van der Waals surface area contributed by atoms with Crippen molar-refractivity contribution < 1.29 is 9.32 Å². The molecule has 0 spiro atoms. The normalized spacial score (nSPS) is 15.7. The van der Waals surface area contributed by atoms with Crippen LogP contribution in [0.2, 0.25) is 0 Å². The maximum absolute atomic E-state index is 12.4. The highest BCUT2D eigenvalue weighted by Crippen LogP contribution is 2.30. The van der Waals surface area contributed by atoms with Gasteiger partial charge in [0.05, 0.1) is 0 Å². The van der Waals surface area contributed by atoms with Crippen molar-refractivity contribution in [1.29, 1.82) is 5.41 Å². The van der Waals surface area contributed by atoms with Gasteiger partial charge in [-0.25, -0.2) is 0 Å². The molecule has 0 unspecified atom stereocenters. The second kappa shape index (κ2) is 7.50. The monoisotopic (exact) mass is 369 g/mol. The molecule has 7 nitrogen and oxygen atoms in total. The highest BCUT2D eigenvalue weighted by molar-refractivity contribution is 5.86. The number of likely N-dealkylation sites (tertiary alicyclic amines) is 1. The van der Waals surface area contributed by atoms with Crippen LogP contribution in [0.3, 0.4) is 0 Å². The molecule has 1 amide bonds. The Labute approximate surface area is 159 Å². The smallest absolute Gasteiger partial charge is 0.230 e. The summed E-state index contributed by atoms with van der Waals surface area (Å²) in [5, 5.41) is 11.4. The third-order valence-electron chi connectivity index (χ3n) is 4.82. The fraction of sp³-hybridized carbons (Fsp3) is 0.500. The van der Waals surface area contributed by atoms with Crippen molar-refractivity contribution >= 4 is 17.8 Å². The van der Waals surface area contributed by atoms with Gasteiger partial charge in [0.15, 0.2) is 0 Å². The lowest BCUT2D eigenvalue weighted by atomic mass is 9.90. The molecule has 3 rings (SSSR count). The summed E-state index contributed by atoms with van der Waals surface area (Å²) >= 11 is 0. The topological polar surface area (TPSA) is 109 Å². The first-order chi connectivity index (χ1) is 12.8. The van der Waals surface area contributed by atoms with Gasteiger partial charge in [0, 0.05) is 48.5 Å². The minimum Gasteiger partial charge on any atom is -0.398 e. The number of nitrogen functional groups attached to an aromatic ring is 1. The Kier molecular flexibility index (Phi) is 5.30. The Bertz CT molecular complexity index is 829. The van der Waals surface area contributed by atoms with Crippen LogP contribution >= 0.6 is 0 Å². The zero-order valence-electron chi connectivity index (χ0n) is 16.2. The number of carbonyl (C=O) groups excluding carboxylic acids is 1. The lowest BCUT2D eigenvalue weighted by Crippen LogP contribution is -2.39. The SMILES string of the molecule is CC(C)(C)CC(=O)N1CCC(c2nc(-c3ccc(C=N)c(N)c3)no2)CC1. The van der Waals surface area contributed by atoms with Gasteiger partial charge in [-0.05, 0) is 24.3 Å². The Balaban J connectivity index is 1.64. The highest BCUT2D eigenvalue weighted by Gasteiger charge is 2.29. The van der Waals surface area contributed by atoms with Crippen LogP contribution in [-0.4, -0.2) is 40.3 Å². The van der Waals surface area contributed by atoms with Gasteiger partial charge >= 0.3 is 0 Å². The number of hydrogen-bond acceptors (Lipinski definition) is 6. The van der Waals surface area contributed by atoms with Crippen LogP contribution in [0.25, 0.3) is 11.4 Å². The average molecular weight is 369 g/mol. The van der Waals surface area contributed by atoms with Crippen molar-refractivity contribution in [2.45, 2.75) is 46.0 Å². The molecule has 0 radical (unpaired) electrons. The zero-order valence-corrected chi connectivity index (χ0v) is 16.2. The highest BCUT2D eigenvalue weighted by atomic mass is 16.5. The van der Waals surface area contributed by atoms with Crippen LogP contribution < -0.4 is 5.73 Å². The Morgan fingerprint density at radius 2 is 2.07 bits per heavy atom. The first-order valence-corrected chi connectivity index (χ1v) is 9.28. The van der Waals surface area contributed by atoms with E-state index in [1.807, 2.05) is 11.0 Å². The predicted octanol–water partition coefficient (Wildman–Crippen LogP) is 3.46. The Morgan fingerprint density at radius 1 is 1.37 bits per heavy atom. The van der Waals surface area contributed by atoms with Crippen molar-refractivity contribution in [1.82, 2.24) is 15.0 Å². The molecule has 1 aliphatic rings. The average Bonchev–Trinajstić information content (AvgIpc) is 3.10. The van der Waals surface area contributed by atoms with Crippen LogP contribution in [0.4, 0.5) is 5.69 Å². The standard InChI is InChI=1S/C20H27N5O2/c1-20(2,3)11-17(26)25-8-6-13(7-9-25)19-23-18(24-27-19)14-4-5-15(12-21)16(22)10-14/h4-5,10,12-13,21H,6-9,11,22H2,1-3H3. The molecule has 7 heteroatoms. The van der Waals surface area contributed by atoms with Gasteiger partial charge in [-0.15, -0.1) is 0 Å². The van der Waals surface area contributed by atoms with E-state index in [1.54, 1.807) is 12.1 Å². The van der Waals surface area contributed by atoms with E-state index >= 15 is 0 Å². The number of anilines is 1. The number of benzene rings is 1. The number of carbonyl (C=O) groups is 1. The molecule has 2 aromatic rings. The van der Waals surface area contributed by atoms with E-state index in [0.29, 0.717) is 29.4 Å². The lowest BCUT2D eigenvalue weighted by molar-refractivity contribution is -0.134. The largest absolute Gasteiger partial charge is 0.398 e. The number of piperidine rings is 1. The molecular weight excluding hydrogens is 342 g/mol. The second-order valence-electron chi connectivity index (χ2n) is 8.34. The molecule has 0 atom stereocenters. The van der Waals surface area contributed by atoms with Crippen LogP contribution in [0, 0.1) is 10.8 Å². The van der Waals surface area contributed by atoms with E-state index in [2.05, 4.69) is 30.9 Å². The number of nitrogens with zero attached hydrogens (tertiary/aromatic N) is 3. The van der Waals surface area contributed by atoms with Crippen molar-refractivity contribution in [3.63, 3.8) is 0 Å². The van der Waals surface area contributed by atoms with Gasteiger partial charge in [-0.1, -0.05) is 38.1 Å². The summed E-state index contributed by atoms with van der Waals surface area (Å²) in [6, 6.07) is 5.36. The van der Waals surface area contributed by atoms with Crippen molar-refractivity contribution in [3.05, 3.63) is 29.7 Å². The zero-order chi connectivity index (χ0) is 19.6. The summed E-state index contributed by atoms with van der Waals surface area (Å²) in [6.45, 7) is 7.69. The van der Waals surface area contributed by atoms with Gasteiger partial charge in [-0.3, -0.25) is 4.79 Å². The van der Waals surface area contributed by atoms with E-state index in [-0.39, 0.29) is 17.2 Å². The summed E-state index contributed by atoms with van der Waals surface area (Å²) in [4.78, 5) is 18.9. The molecule has 27 heavy (non-hydrogen) atoms. The third kappa shape index (κ3) is 4.53. The minimum absolute atomic E-state index is 0.00440. The maximum Gasteiger partial charge on any atom is 0.230 e. The molecule has 0 aliphatic carbocycles. The molecule has 3 N–H and O–H groups in total. The summed E-state index contributed by atoms with van der Waals surface area (Å²) in [5.74, 6) is 1.50. The van der Waals surface area contributed by atoms with Gasteiger partial charge in [-0.2, -0.15) is 4.98 Å². The molecule has 0 bridgehead atoms. The van der Waals surface area contributed by atoms with Crippen LogP contribution in [0.1, 0.15) is 57.4 Å². The van der Waals surface area contributed by atoms with Gasteiger partial charge < -0.3 is 20.6 Å². The molecule has 1 saturated heterocycles. The summed E-state index contributed by atoms with van der Waals surface area (Å²) in [5.41, 5.74) is 7.88. The molecule has 2 heterocycles. The molecular formula is C20H27N5O2. The second-order valence-corrected chi connectivity index (χ2v) is 8.34. The number of rotatable bonds is 4. The molecule has 1 fully saturated rings. The number of nitrogens with one attached hydrogen (secondary N) is 1. The fourth-order valence-electron chi connectivity index (χ4n) is 3.30. The van der Waals surface area contributed by atoms with Crippen LogP contribution in [0.15, 0.2) is 22.7 Å². The molecule has 1 aromatic carbocycles. The van der Waals surface area contributed by atoms with E-state index in [4.69, 9.17) is 15.7 Å². The first-order valence-electron chi connectivity index (χ1n) is 9.28. The molecule has 1 aliphatic heterocycles. The fourth-order valence-corrected chi connectivity index (χ4v) is 3.30. The molecule has 0 saturated carbocycles. The van der Waals surface area contributed by atoms with Gasteiger partial charge in [0.1, 0.15) is 0 Å². The molecule has 1 aromatic heterocycles. The third-order valence-corrected chi connectivity index (χ3v) is 4.82. The predicted molar refractivity (Wildman–Crippen MR) is 105 cm³/mol. The minimum atomic E-state index is 0.00440. The van der Waals surface area contributed by atoms with Crippen molar-refractivity contribution in [3.8, 4) is 11.4 Å². The summed E-state index contributed by atoms with van der Waals surface area (Å²) in [6.07, 6.45) is 3.43. The van der Waals surface area contributed by atoms with Gasteiger partial charge in [0.2, 0.25) is 17.6 Å². The van der Waals surface area contributed by atoms with Crippen molar-refractivity contribution in [2.24, 2.45) is 5.41 Å². The van der Waals surface area contributed by atoms with E-state index < -0.39 is 0 Å². The maximum atomic E-state index is 12.4.